The van der Waals surface area contributed by atoms with Crippen LogP contribution < -0.4 is 15.4 Å². The van der Waals surface area contributed by atoms with Gasteiger partial charge in [-0.3, -0.25) is 19.7 Å². The van der Waals surface area contributed by atoms with Gasteiger partial charge in [-0.2, -0.15) is 0 Å². The highest BCUT2D eigenvalue weighted by Gasteiger charge is 2.11. The lowest BCUT2D eigenvalue weighted by atomic mass is 10.2. The fraction of sp³-hybridized carbons (Fsp3) is 0.111. The number of hydrogen-bond acceptors (Lipinski definition) is 6. The number of hydrogen-bond donors (Lipinski definition) is 2. The van der Waals surface area contributed by atoms with E-state index < -0.39 is 5.97 Å². The third kappa shape index (κ3) is 4.22. The second kappa shape index (κ2) is 7.32. The van der Waals surface area contributed by atoms with Gasteiger partial charge in [0.05, 0.1) is 10.2 Å². The predicted molar refractivity (Wildman–Crippen MR) is 99.6 cm³/mol. The second-order valence-electron chi connectivity index (χ2n) is 5.45. The van der Waals surface area contributed by atoms with Crippen molar-refractivity contribution in [3.05, 3.63) is 48.0 Å². The zero-order valence-electron chi connectivity index (χ0n) is 14.0. The molecule has 0 atom stereocenters. The van der Waals surface area contributed by atoms with E-state index in [2.05, 4.69) is 15.6 Å². The van der Waals surface area contributed by atoms with E-state index in [9.17, 15) is 14.4 Å². The van der Waals surface area contributed by atoms with Crippen molar-refractivity contribution in [1.29, 1.82) is 0 Å². The monoisotopic (exact) mass is 369 g/mol. The van der Waals surface area contributed by atoms with Crippen molar-refractivity contribution in [2.45, 2.75) is 13.8 Å². The maximum absolute atomic E-state index is 12.3. The molecule has 2 N–H and O–H groups in total. The number of rotatable bonds is 4. The van der Waals surface area contributed by atoms with Crippen LogP contribution in [0.2, 0.25) is 0 Å². The molecule has 7 nitrogen and oxygen atoms in total. The molecule has 0 fully saturated rings. The Balaban J connectivity index is 1.74. The highest BCUT2D eigenvalue weighted by Crippen LogP contribution is 2.28. The molecular formula is C18H15N3O4S. The molecule has 0 saturated heterocycles. The number of carbonyl (C=O) groups is 3. The lowest BCUT2D eigenvalue weighted by molar-refractivity contribution is -0.131. The number of ether oxygens (including phenoxy) is 1. The van der Waals surface area contributed by atoms with Crippen LogP contribution in [-0.2, 0) is 9.59 Å². The summed E-state index contributed by atoms with van der Waals surface area (Å²) in [5.41, 5.74) is 1.82. The first-order chi connectivity index (χ1) is 12.4. The van der Waals surface area contributed by atoms with Crippen molar-refractivity contribution in [3.8, 4) is 5.75 Å². The summed E-state index contributed by atoms with van der Waals surface area (Å²) < 4.78 is 5.78. The fourth-order valence-corrected chi connectivity index (χ4v) is 3.17. The zero-order chi connectivity index (χ0) is 18.7. The molecule has 132 valence electrons. The Bertz CT molecular complexity index is 995. The van der Waals surface area contributed by atoms with Crippen molar-refractivity contribution in [2.75, 3.05) is 10.6 Å². The minimum atomic E-state index is -0.421. The number of nitrogens with one attached hydrogen (secondary N) is 2. The number of anilines is 2. The van der Waals surface area contributed by atoms with Crippen LogP contribution in [0, 0.1) is 0 Å². The van der Waals surface area contributed by atoms with Gasteiger partial charge in [-0.25, -0.2) is 4.98 Å². The third-order valence-electron chi connectivity index (χ3n) is 3.31. The van der Waals surface area contributed by atoms with Gasteiger partial charge in [0.15, 0.2) is 5.13 Å². The van der Waals surface area contributed by atoms with E-state index in [4.69, 9.17) is 4.74 Å². The molecule has 0 unspecified atom stereocenters. The maximum atomic E-state index is 12.3. The van der Waals surface area contributed by atoms with Crippen LogP contribution in [0.15, 0.2) is 42.5 Å². The first-order valence-electron chi connectivity index (χ1n) is 7.69. The molecule has 2 amide bonds. The minimum absolute atomic E-state index is 0.153. The molecule has 26 heavy (non-hydrogen) atoms. The van der Waals surface area contributed by atoms with E-state index in [0.29, 0.717) is 22.1 Å². The van der Waals surface area contributed by atoms with E-state index in [0.717, 1.165) is 10.2 Å². The van der Waals surface area contributed by atoms with Crippen LogP contribution >= 0.6 is 11.3 Å². The Hall–Kier alpha value is -3.26. The summed E-state index contributed by atoms with van der Waals surface area (Å²) in [5.74, 6) is -0.519. The van der Waals surface area contributed by atoms with Gasteiger partial charge in [-0.05, 0) is 42.5 Å². The lowest BCUT2D eigenvalue weighted by Gasteiger charge is -2.03. The van der Waals surface area contributed by atoms with Crippen molar-refractivity contribution in [2.24, 2.45) is 0 Å². The van der Waals surface area contributed by atoms with Gasteiger partial charge >= 0.3 is 5.97 Å². The minimum Gasteiger partial charge on any atom is -0.427 e. The molecule has 1 aromatic heterocycles. The first kappa shape index (κ1) is 17.6. The topological polar surface area (TPSA) is 97.4 Å². The Kier molecular flexibility index (Phi) is 4.94. The average Bonchev–Trinajstić information content (AvgIpc) is 2.95. The summed E-state index contributed by atoms with van der Waals surface area (Å²) in [4.78, 5) is 38.7. The van der Waals surface area contributed by atoms with Gasteiger partial charge in [0, 0.05) is 25.1 Å². The average molecular weight is 369 g/mol. The number of nitrogens with zero attached hydrogens (tertiary/aromatic N) is 1. The molecule has 0 aliphatic rings. The largest absolute Gasteiger partial charge is 0.427 e. The number of carbonyl (C=O) groups excluding carboxylic acids is 3. The lowest BCUT2D eigenvalue weighted by Crippen LogP contribution is -2.11. The third-order valence-corrected chi connectivity index (χ3v) is 4.24. The van der Waals surface area contributed by atoms with Crippen LogP contribution in [0.1, 0.15) is 24.2 Å². The predicted octanol–water partition coefficient (Wildman–Crippen LogP) is 3.43. The van der Waals surface area contributed by atoms with Gasteiger partial charge < -0.3 is 10.1 Å². The number of esters is 1. The number of aromatic nitrogens is 1. The zero-order valence-corrected chi connectivity index (χ0v) is 14.8. The van der Waals surface area contributed by atoms with Crippen molar-refractivity contribution in [1.82, 2.24) is 4.98 Å². The van der Waals surface area contributed by atoms with Crippen molar-refractivity contribution in [3.63, 3.8) is 0 Å². The van der Waals surface area contributed by atoms with Crippen molar-refractivity contribution >= 4 is 50.2 Å². The quantitative estimate of drug-likeness (QED) is 0.542. The molecule has 8 heteroatoms. The SMILES string of the molecule is CC(=O)Nc1ccc2nc(NC(=O)c3ccc(OC(C)=O)cc3)sc2c1. The van der Waals surface area contributed by atoms with E-state index in [1.165, 1.54) is 25.2 Å². The van der Waals surface area contributed by atoms with Crippen LogP contribution in [-0.4, -0.2) is 22.8 Å². The Labute approximate surface area is 153 Å². The molecule has 0 spiro atoms. The normalized spacial score (nSPS) is 10.4. The first-order valence-corrected chi connectivity index (χ1v) is 8.50. The number of thiazole rings is 1. The van der Waals surface area contributed by atoms with E-state index in [1.54, 1.807) is 42.5 Å². The number of amides is 2. The van der Waals surface area contributed by atoms with Gasteiger partial charge in [0.25, 0.3) is 5.91 Å². The molecule has 0 radical (unpaired) electrons. The van der Waals surface area contributed by atoms with Gasteiger partial charge in [-0.1, -0.05) is 11.3 Å². The Morgan fingerprint density at radius 1 is 1.00 bits per heavy atom. The van der Waals surface area contributed by atoms with Gasteiger partial charge in [0.2, 0.25) is 5.91 Å². The van der Waals surface area contributed by atoms with E-state index in [-0.39, 0.29) is 11.8 Å². The standard InChI is InChI=1S/C18H15N3O4S/c1-10(22)19-13-5-8-15-16(9-13)26-18(20-15)21-17(24)12-3-6-14(7-4-12)25-11(2)23/h3-9H,1-2H3,(H,19,22)(H,20,21,24). The summed E-state index contributed by atoms with van der Waals surface area (Å²) in [7, 11) is 0. The molecular weight excluding hydrogens is 354 g/mol. The maximum Gasteiger partial charge on any atom is 0.308 e. The van der Waals surface area contributed by atoms with Crippen LogP contribution in [0.3, 0.4) is 0 Å². The van der Waals surface area contributed by atoms with Gasteiger partial charge in [-0.15, -0.1) is 0 Å². The molecule has 0 aliphatic carbocycles. The number of fused-ring (bicyclic) bond motifs is 1. The summed E-state index contributed by atoms with van der Waals surface area (Å²) >= 11 is 1.31. The molecule has 3 aromatic rings. The highest BCUT2D eigenvalue weighted by atomic mass is 32.1. The Morgan fingerprint density at radius 2 is 1.73 bits per heavy atom. The molecule has 0 saturated carbocycles. The van der Waals surface area contributed by atoms with E-state index in [1.807, 2.05) is 0 Å². The van der Waals surface area contributed by atoms with Crippen LogP contribution in [0.25, 0.3) is 10.2 Å². The van der Waals surface area contributed by atoms with E-state index >= 15 is 0 Å². The fourth-order valence-electron chi connectivity index (χ4n) is 2.27. The van der Waals surface area contributed by atoms with Crippen LogP contribution in [0.4, 0.5) is 10.8 Å². The summed E-state index contributed by atoms with van der Waals surface area (Å²) in [6.07, 6.45) is 0. The molecule has 0 bridgehead atoms. The smallest absolute Gasteiger partial charge is 0.308 e. The Morgan fingerprint density at radius 3 is 2.38 bits per heavy atom. The van der Waals surface area contributed by atoms with Crippen molar-refractivity contribution < 1.29 is 19.1 Å². The van der Waals surface area contributed by atoms with Gasteiger partial charge in [0.1, 0.15) is 5.75 Å². The van der Waals surface area contributed by atoms with Crippen LogP contribution in [0.5, 0.6) is 5.75 Å². The number of benzene rings is 2. The molecule has 1 heterocycles. The molecule has 0 aliphatic heterocycles. The molecule has 3 rings (SSSR count). The summed E-state index contributed by atoms with van der Waals surface area (Å²) in [6, 6.07) is 11.6. The summed E-state index contributed by atoms with van der Waals surface area (Å²) in [6.45, 7) is 2.75. The second-order valence-corrected chi connectivity index (χ2v) is 6.49. The highest BCUT2D eigenvalue weighted by molar-refractivity contribution is 7.22. The summed E-state index contributed by atoms with van der Waals surface area (Å²) in [5, 5.41) is 5.90. The molecule has 2 aromatic carbocycles.